The van der Waals surface area contributed by atoms with Crippen LogP contribution in [0.1, 0.15) is 12.8 Å². The zero-order valence-electron chi connectivity index (χ0n) is 10.7. The molecule has 1 amide bonds. The van der Waals surface area contributed by atoms with Gasteiger partial charge in [-0.05, 0) is 39.5 Å². The van der Waals surface area contributed by atoms with Gasteiger partial charge in [0.05, 0.1) is 6.10 Å². The van der Waals surface area contributed by atoms with Crippen LogP contribution in [-0.2, 0) is 4.79 Å². The summed E-state index contributed by atoms with van der Waals surface area (Å²) < 4.78 is 0. The molecule has 2 fully saturated rings. The van der Waals surface area contributed by atoms with Crippen LogP contribution in [0.25, 0.3) is 0 Å². The van der Waals surface area contributed by atoms with Gasteiger partial charge in [0.15, 0.2) is 0 Å². The van der Waals surface area contributed by atoms with Gasteiger partial charge in [-0.25, -0.2) is 0 Å². The highest BCUT2D eigenvalue weighted by molar-refractivity contribution is 5.77. The summed E-state index contributed by atoms with van der Waals surface area (Å²) in [6.45, 7) is 3.27. The van der Waals surface area contributed by atoms with Gasteiger partial charge in [-0.3, -0.25) is 4.79 Å². The Hall–Kier alpha value is -0.650. The summed E-state index contributed by atoms with van der Waals surface area (Å²) in [4.78, 5) is 16.1. The Morgan fingerprint density at radius 3 is 2.71 bits per heavy atom. The number of carbonyl (C=O) groups is 1. The first kappa shape index (κ1) is 12.8. The molecule has 2 N–H and O–H groups in total. The smallest absolute Gasteiger partial charge is 0.223 e. The molecule has 2 aliphatic rings. The standard InChI is InChI=1S/C12H23N3O2/c1-14(2)7-10-4-11(16)8-15(10)12(17)3-9-5-13-6-9/h9-11,13,16H,3-8H2,1-2H3. The Labute approximate surface area is 103 Å². The van der Waals surface area contributed by atoms with E-state index in [0.717, 1.165) is 19.6 Å². The van der Waals surface area contributed by atoms with E-state index in [9.17, 15) is 9.90 Å². The summed E-state index contributed by atoms with van der Waals surface area (Å²) in [5, 5.41) is 12.9. The number of likely N-dealkylation sites (N-methyl/N-ethyl adjacent to an activating group) is 1. The van der Waals surface area contributed by atoms with Gasteiger partial charge in [0, 0.05) is 25.6 Å². The molecule has 17 heavy (non-hydrogen) atoms. The summed E-state index contributed by atoms with van der Waals surface area (Å²) in [7, 11) is 4.01. The summed E-state index contributed by atoms with van der Waals surface area (Å²) in [6.07, 6.45) is 1.000. The number of β-amino-alcohol motifs (C(OH)–C–C–N with tert-alkyl or cyclic N) is 1. The Bertz CT molecular complexity index is 279. The van der Waals surface area contributed by atoms with E-state index in [0.29, 0.717) is 25.3 Å². The SMILES string of the molecule is CN(C)CC1CC(O)CN1C(=O)CC1CNC1. The van der Waals surface area contributed by atoms with Gasteiger partial charge in [-0.2, -0.15) is 0 Å². The monoisotopic (exact) mass is 241 g/mol. The number of nitrogens with zero attached hydrogens (tertiary/aromatic N) is 2. The molecule has 2 unspecified atom stereocenters. The van der Waals surface area contributed by atoms with Gasteiger partial charge in [-0.15, -0.1) is 0 Å². The van der Waals surface area contributed by atoms with Crippen LogP contribution in [-0.4, -0.2) is 73.2 Å². The predicted molar refractivity (Wildman–Crippen MR) is 65.7 cm³/mol. The fourth-order valence-corrected chi connectivity index (χ4v) is 2.65. The van der Waals surface area contributed by atoms with E-state index in [4.69, 9.17) is 0 Å². The fourth-order valence-electron chi connectivity index (χ4n) is 2.65. The maximum Gasteiger partial charge on any atom is 0.223 e. The summed E-state index contributed by atoms with van der Waals surface area (Å²) in [6, 6.07) is 0.181. The first-order valence-corrected chi connectivity index (χ1v) is 6.39. The molecule has 2 atom stereocenters. The molecule has 5 nitrogen and oxygen atoms in total. The fraction of sp³-hybridized carbons (Fsp3) is 0.917. The second-order valence-corrected chi connectivity index (χ2v) is 5.58. The average molecular weight is 241 g/mol. The molecule has 0 spiro atoms. The van der Waals surface area contributed by atoms with Crippen molar-refractivity contribution in [3.05, 3.63) is 0 Å². The maximum absolute atomic E-state index is 12.2. The number of aliphatic hydroxyl groups is 1. The molecule has 0 aromatic heterocycles. The molecule has 2 aliphatic heterocycles. The average Bonchev–Trinajstić information content (AvgIpc) is 2.52. The molecule has 0 bridgehead atoms. The third-order valence-corrected chi connectivity index (χ3v) is 3.62. The van der Waals surface area contributed by atoms with Crippen molar-refractivity contribution in [2.24, 2.45) is 5.92 Å². The quantitative estimate of drug-likeness (QED) is 0.671. The van der Waals surface area contributed by atoms with E-state index in [-0.39, 0.29) is 18.1 Å². The third kappa shape index (κ3) is 3.18. The largest absolute Gasteiger partial charge is 0.391 e. The number of carbonyl (C=O) groups excluding carboxylic acids is 1. The molecule has 2 saturated heterocycles. The first-order chi connectivity index (χ1) is 8.06. The van der Waals surface area contributed by atoms with E-state index in [1.807, 2.05) is 19.0 Å². The molecular formula is C12H23N3O2. The first-order valence-electron chi connectivity index (χ1n) is 6.39. The van der Waals surface area contributed by atoms with Gasteiger partial charge in [0.1, 0.15) is 0 Å². The van der Waals surface area contributed by atoms with E-state index in [2.05, 4.69) is 10.2 Å². The van der Waals surface area contributed by atoms with Gasteiger partial charge in [-0.1, -0.05) is 0 Å². The Morgan fingerprint density at radius 1 is 1.47 bits per heavy atom. The van der Waals surface area contributed by atoms with Gasteiger partial charge in [0.2, 0.25) is 5.91 Å². The minimum atomic E-state index is -0.344. The van der Waals surface area contributed by atoms with E-state index in [1.165, 1.54) is 0 Å². The lowest BCUT2D eigenvalue weighted by Crippen LogP contribution is -2.47. The number of rotatable bonds is 4. The number of amides is 1. The normalized spacial score (nSPS) is 29.8. The molecule has 0 aromatic rings. The van der Waals surface area contributed by atoms with Crippen LogP contribution in [0.15, 0.2) is 0 Å². The van der Waals surface area contributed by atoms with Crippen LogP contribution in [0.2, 0.25) is 0 Å². The lowest BCUT2D eigenvalue weighted by molar-refractivity contribution is -0.133. The molecule has 0 saturated carbocycles. The highest BCUT2D eigenvalue weighted by Gasteiger charge is 2.35. The number of aliphatic hydroxyl groups excluding tert-OH is 1. The molecule has 0 radical (unpaired) electrons. The van der Waals surface area contributed by atoms with Crippen molar-refractivity contribution < 1.29 is 9.90 Å². The lowest BCUT2D eigenvalue weighted by atomic mass is 9.98. The van der Waals surface area contributed by atoms with Crippen LogP contribution in [0.3, 0.4) is 0 Å². The van der Waals surface area contributed by atoms with E-state index < -0.39 is 0 Å². The van der Waals surface area contributed by atoms with Gasteiger partial charge in [0.25, 0.3) is 0 Å². The molecule has 5 heteroatoms. The lowest BCUT2D eigenvalue weighted by Gasteiger charge is -2.31. The zero-order chi connectivity index (χ0) is 12.4. The van der Waals surface area contributed by atoms with Crippen LogP contribution < -0.4 is 5.32 Å². The molecular weight excluding hydrogens is 218 g/mol. The summed E-state index contributed by atoms with van der Waals surface area (Å²) >= 11 is 0. The highest BCUT2D eigenvalue weighted by atomic mass is 16.3. The molecule has 2 heterocycles. The second kappa shape index (κ2) is 5.33. The number of hydrogen-bond donors (Lipinski definition) is 2. The minimum Gasteiger partial charge on any atom is -0.391 e. The van der Waals surface area contributed by atoms with E-state index in [1.54, 1.807) is 0 Å². The zero-order valence-corrected chi connectivity index (χ0v) is 10.7. The van der Waals surface area contributed by atoms with Crippen molar-refractivity contribution in [3.63, 3.8) is 0 Å². The molecule has 2 rings (SSSR count). The maximum atomic E-state index is 12.2. The molecule has 0 aliphatic carbocycles. The highest BCUT2D eigenvalue weighted by Crippen LogP contribution is 2.21. The Balaban J connectivity index is 1.89. The Morgan fingerprint density at radius 2 is 2.18 bits per heavy atom. The van der Waals surface area contributed by atoms with Gasteiger partial charge >= 0.3 is 0 Å². The summed E-state index contributed by atoms with van der Waals surface area (Å²) in [5.41, 5.74) is 0. The van der Waals surface area contributed by atoms with Crippen LogP contribution >= 0.6 is 0 Å². The number of likely N-dealkylation sites (tertiary alicyclic amines) is 1. The van der Waals surface area contributed by atoms with Crippen molar-refractivity contribution in [3.8, 4) is 0 Å². The summed E-state index contributed by atoms with van der Waals surface area (Å²) in [5.74, 6) is 0.708. The molecule has 98 valence electrons. The van der Waals surface area contributed by atoms with Crippen LogP contribution in [0.5, 0.6) is 0 Å². The van der Waals surface area contributed by atoms with Crippen molar-refractivity contribution in [2.45, 2.75) is 25.0 Å². The van der Waals surface area contributed by atoms with Crippen molar-refractivity contribution in [1.82, 2.24) is 15.1 Å². The van der Waals surface area contributed by atoms with Crippen molar-refractivity contribution in [1.29, 1.82) is 0 Å². The Kier molecular flexibility index (Phi) is 4.01. The second-order valence-electron chi connectivity index (χ2n) is 5.58. The minimum absolute atomic E-state index is 0.181. The van der Waals surface area contributed by atoms with Gasteiger partial charge < -0.3 is 20.2 Å². The van der Waals surface area contributed by atoms with Crippen LogP contribution in [0.4, 0.5) is 0 Å². The number of hydrogen-bond acceptors (Lipinski definition) is 4. The molecule has 0 aromatic carbocycles. The van der Waals surface area contributed by atoms with E-state index >= 15 is 0 Å². The van der Waals surface area contributed by atoms with Crippen molar-refractivity contribution in [2.75, 3.05) is 40.3 Å². The van der Waals surface area contributed by atoms with Crippen molar-refractivity contribution >= 4 is 5.91 Å². The topological polar surface area (TPSA) is 55.8 Å². The predicted octanol–water partition coefficient (Wildman–Crippen LogP) is -0.881. The third-order valence-electron chi connectivity index (χ3n) is 3.62. The number of nitrogens with one attached hydrogen (secondary N) is 1. The van der Waals surface area contributed by atoms with Crippen LogP contribution in [0, 0.1) is 5.92 Å².